The molecule has 32 heavy (non-hydrogen) atoms. The highest BCUT2D eigenvalue weighted by Gasteiger charge is 2.19. The largest absolute Gasteiger partial charge is 0.369 e. The average Bonchev–Trinajstić information content (AvgIpc) is 3.28. The van der Waals surface area contributed by atoms with Gasteiger partial charge in [-0.2, -0.15) is 5.26 Å². The number of halogens is 1. The van der Waals surface area contributed by atoms with Crippen LogP contribution in [-0.4, -0.2) is 43.2 Å². The zero-order valence-corrected chi connectivity index (χ0v) is 18.4. The lowest BCUT2D eigenvalue weighted by atomic mass is 10.1. The lowest BCUT2D eigenvalue weighted by Gasteiger charge is -2.30. The van der Waals surface area contributed by atoms with Crippen molar-refractivity contribution in [3.63, 3.8) is 0 Å². The van der Waals surface area contributed by atoms with Crippen LogP contribution in [0.2, 0.25) is 0 Å². The van der Waals surface area contributed by atoms with Crippen LogP contribution >= 0.6 is 11.3 Å². The molecular weight excluding hydrogens is 423 g/mol. The van der Waals surface area contributed by atoms with Crippen LogP contribution in [0.3, 0.4) is 0 Å². The third kappa shape index (κ3) is 3.77. The first kappa shape index (κ1) is 20.4. The fourth-order valence-electron chi connectivity index (χ4n) is 3.97. The quantitative estimate of drug-likeness (QED) is 0.498. The number of nitriles is 1. The molecule has 1 saturated heterocycles. The van der Waals surface area contributed by atoms with Gasteiger partial charge in [-0.3, -0.25) is 4.98 Å². The Hall–Kier alpha value is -3.54. The van der Waals surface area contributed by atoms with Crippen LogP contribution in [0.1, 0.15) is 4.88 Å². The van der Waals surface area contributed by atoms with Crippen molar-refractivity contribution >= 4 is 38.7 Å². The number of benzene rings is 2. The van der Waals surface area contributed by atoms with Gasteiger partial charge in [-0.05, 0) is 48.5 Å². The van der Waals surface area contributed by atoms with E-state index in [1.807, 2.05) is 18.0 Å². The Bertz CT molecular complexity index is 1300. The minimum atomic E-state index is -0.316. The molecule has 1 aliphatic rings. The van der Waals surface area contributed by atoms with Crippen molar-refractivity contribution in [2.75, 3.05) is 43.0 Å². The number of rotatable bonds is 4. The second-order valence-electron chi connectivity index (χ2n) is 7.62. The standard InChI is InChI=1S/C24H21FN6S/c1-30(24-29-23(22(15-26)32-24)16-2-4-17(25)5-3-16)21-8-9-28-20-7-6-18(14-19(20)21)31-12-10-27-11-13-31/h2-9,14,27H,10-13H2,1H3. The maximum absolute atomic E-state index is 13.4. The van der Waals surface area contributed by atoms with E-state index in [1.54, 1.807) is 18.3 Å². The van der Waals surface area contributed by atoms with E-state index in [4.69, 9.17) is 4.98 Å². The normalized spacial score (nSPS) is 13.8. The average molecular weight is 445 g/mol. The molecule has 0 atom stereocenters. The molecular formula is C24H21FN6S. The molecule has 5 rings (SSSR count). The minimum Gasteiger partial charge on any atom is -0.369 e. The Morgan fingerprint density at radius 2 is 1.91 bits per heavy atom. The van der Waals surface area contributed by atoms with Gasteiger partial charge in [-0.15, -0.1) is 0 Å². The highest BCUT2D eigenvalue weighted by Crippen LogP contribution is 2.38. The highest BCUT2D eigenvalue weighted by atomic mass is 32.1. The van der Waals surface area contributed by atoms with E-state index in [2.05, 4.69) is 39.5 Å². The van der Waals surface area contributed by atoms with E-state index in [-0.39, 0.29) is 5.82 Å². The molecule has 1 fully saturated rings. The number of anilines is 3. The number of fused-ring (bicyclic) bond motifs is 1. The summed E-state index contributed by atoms with van der Waals surface area (Å²) in [4.78, 5) is 14.1. The van der Waals surface area contributed by atoms with Crippen LogP contribution in [0, 0.1) is 17.1 Å². The van der Waals surface area contributed by atoms with Crippen LogP contribution in [0.5, 0.6) is 0 Å². The fourth-order valence-corrected chi connectivity index (χ4v) is 4.83. The highest BCUT2D eigenvalue weighted by molar-refractivity contribution is 7.16. The fraction of sp³-hybridized carbons (Fsp3) is 0.208. The van der Waals surface area contributed by atoms with Crippen molar-refractivity contribution in [1.29, 1.82) is 5.26 Å². The first-order valence-electron chi connectivity index (χ1n) is 10.4. The van der Waals surface area contributed by atoms with Gasteiger partial charge >= 0.3 is 0 Å². The number of hydrogen-bond donors (Lipinski definition) is 1. The van der Waals surface area contributed by atoms with Crippen LogP contribution < -0.4 is 15.1 Å². The molecule has 2 aromatic heterocycles. The molecule has 160 valence electrons. The zero-order valence-electron chi connectivity index (χ0n) is 17.5. The van der Waals surface area contributed by atoms with Gasteiger partial charge in [0, 0.05) is 56.1 Å². The summed E-state index contributed by atoms with van der Waals surface area (Å²) < 4.78 is 13.4. The second-order valence-corrected chi connectivity index (χ2v) is 8.60. The van der Waals surface area contributed by atoms with Crippen LogP contribution in [0.4, 0.5) is 20.9 Å². The predicted octanol–water partition coefficient (Wildman–Crippen LogP) is 4.55. The summed E-state index contributed by atoms with van der Waals surface area (Å²) in [6.07, 6.45) is 1.79. The Labute approximate surface area is 189 Å². The lowest BCUT2D eigenvalue weighted by molar-refractivity contribution is 0.589. The van der Waals surface area contributed by atoms with Gasteiger partial charge in [-0.25, -0.2) is 9.37 Å². The minimum absolute atomic E-state index is 0.316. The molecule has 6 nitrogen and oxygen atoms in total. The summed E-state index contributed by atoms with van der Waals surface area (Å²) >= 11 is 1.32. The monoisotopic (exact) mass is 444 g/mol. The second kappa shape index (κ2) is 8.54. The Morgan fingerprint density at radius 1 is 1.12 bits per heavy atom. The molecule has 4 aromatic rings. The predicted molar refractivity (Wildman–Crippen MR) is 127 cm³/mol. The summed E-state index contributed by atoms with van der Waals surface area (Å²) in [5.74, 6) is -0.316. The molecule has 0 bridgehead atoms. The van der Waals surface area contributed by atoms with Gasteiger partial charge < -0.3 is 15.1 Å². The third-order valence-electron chi connectivity index (χ3n) is 5.67. The molecule has 0 radical (unpaired) electrons. The SMILES string of the molecule is CN(c1nc(-c2ccc(F)cc2)c(C#N)s1)c1ccnc2ccc(N3CCNCC3)cc12. The topological polar surface area (TPSA) is 68.1 Å². The Kier molecular flexibility index (Phi) is 5.43. The number of thiazole rings is 1. The number of nitrogens with one attached hydrogen (secondary N) is 1. The molecule has 0 amide bonds. The zero-order chi connectivity index (χ0) is 22.1. The van der Waals surface area contributed by atoms with E-state index in [0.29, 0.717) is 15.7 Å². The van der Waals surface area contributed by atoms with E-state index in [0.717, 1.165) is 48.3 Å². The Morgan fingerprint density at radius 3 is 2.66 bits per heavy atom. The maximum atomic E-state index is 13.4. The number of hydrogen-bond acceptors (Lipinski definition) is 7. The van der Waals surface area contributed by atoms with Gasteiger partial charge in [0.25, 0.3) is 0 Å². The van der Waals surface area contributed by atoms with Crippen LogP contribution in [0.15, 0.2) is 54.7 Å². The van der Waals surface area contributed by atoms with Crippen LogP contribution in [-0.2, 0) is 0 Å². The summed E-state index contributed by atoms with van der Waals surface area (Å²) in [6, 6.07) is 16.6. The van der Waals surface area contributed by atoms with Crippen molar-refractivity contribution in [2.24, 2.45) is 0 Å². The number of aromatic nitrogens is 2. The molecule has 0 saturated carbocycles. The molecule has 3 heterocycles. The summed E-state index contributed by atoms with van der Waals surface area (Å²) in [5.41, 5.74) is 4.34. The van der Waals surface area contributed by atoms with Gasteiger partial charge in [0.2, 0.25) is 0 Å². The number of pyridine rings is 1. The number of piperazine rings is 1. The van der Waals surface area contributed by atoms with Gasteiger partial charge in [0.1, 0.15) is 22.5 Å². The van der Waals surface area contributed by atoms with E-state index >= 15 is 0 Å². The lowest BCUT2D eigenvalue weighted by Crippen LogP contribution is -2.43. The van der Waals surface area contributed by atoms with Crippen molar-refractivity contribution in [2.45, 2.75) is 0 Å². The van der Waals surface area contributed by atoms with Crippen molar-refractivity contribution in [1.82, 2.24) is 15.3 Å². The van der Waals surface area contributed by atoms with E-state index in [9.17, 15) is 9.65 Å². The maximum Gasteiger partial charge on any atom is 0.191 e. The van der Waals surface area contributed by atoms with E-state index in [1.165, 1.54) is 29.2 Å². The van der Waals surface area contributed by atoms with E-state index < -0.39 is 0 Å². The summed E-state index contributed by atoms with van der Waals surface area (Å²) in [7, 11) is 1.95. The first-order valence-corrected chi connectivity index (χ1v) is 11.2. The molecule has 2 aromatic carbocycles. The van der Waals surface area contributed by atoms with Crippen molar-refractivity contribution < 1.29 is 4.39 Å². The number of nitrogens with zero attached hydrogens (tertiary/aromatic N) is 5. The smallest absolute Gasteiger partial charge is 0.191 e. The first-order chi connectivity index (χ1) is 15.6. The molecule has 1 aliphatic heterocycles. The molecule has 8 heteroatoms. The molecule has 1 N–H and O–H groups in total. The third-order valence-corrected chi connectivity index (χ3v) is 6.70. The Balaban J connectivity index is 1.55. The van der Waals surface area contributed by atoms with Crippen LogP contribution in [0.25, 0.3) is 22.2 Å². The van der Waals surface area contributed by atoms with Gasteiger partial charge in [0.05, 0.1) is 11.2 Å². The molecule has 0 unspecified atom stereocenters. The van der Waals surface area contributed by atoms with Gasteiger partial charge in [-0.1, -0.05) is 11.3 Å². The van der Waals surface area contributed by atoms with Crippen molar-refractivity contribution in [3.8, 4) is 17.3 Å². The van der Waals surface area contributed by atoms with Crippen molar-refractivity contribution in [3.05, 3.63) is 65.4 Å². The molecule has 0 spiro atoms. The molecule has 0 aliphatic carbocycles. The summed E-state index contributed by atoms with van der Waals surface area (Å²) in [6.45, 7) is 3.88. The van der Waals surface area contributed by atoms with Gasteiger partial charge in [0.15, 0.2) is 5.13 Å². The summed E-state index contributed by atoms with van der Waals surface area (Å²) in [5, 5.41) is 14.8.